The van der Waals surface area contributed by atoms with Gasteiger partial charge in [-0.05, 0) is 56.0 Å². The Morgan fingerprint density at radius 3 is 1.71 bits per heavy atom. The summed E-state index contributed by atoms with van der Waals surface area (Å²) >= 11 is 0. The average Bonchev–Trinajstić information content (AvgIpc) is 3.49. The van der Waals surface area contributed by atoms with Crippen LogP contribution >= 0.6 is 0 Å². The number of nitrogens with zero attached hydrogens (tertiary/aromatic N) is 3. The highest BCUT2D eigenvalue weighted by Crippen LogP contribution is 2.39. The highest BCUT2D eigenvalue weighted by molar-refractivity contribution is 7.19. The molecule has 0 saturated heterocycles. The SMILES string of the molecule is [C-]#[N+]c1ccc2c(c1)c1ccccc1n2-c1c(C#N)cccc1-c1cccc([Si](c2ccccc2)(c2ccccc2)c2ccccc2)c1. The minimum atomic E-state index is -2.77. The van der Waals surface area contributed by atoms with Gasteiger partial charge < -0.3 is 4.57 Å². The molecule has 4 heteroatoms. The Kier molecular flexibility index (Phi) is 7.27. The van der Waals surface area contributed by atoms with Gasteiger partial charge in [0.2, 0.25) is 0 Å². The first-order valence-corrected chi connectivity index (χ1v) is 18.0. The molecule has 7 aromatic carbocycles. The number of fused-ring (bicyclic) bond motifs is 3. The molecule has 0 spiro atoms. The molecule has 224 valence electrons. The van der Waals surface area contributed by atoms with Gasteiger partial charge in [0.05, 0.1) is 28.9 Å². The molecule has 0 atom stereocenters. The van der Waals surface area contributed by atoms with Crippen molar-refractivity contribution in [3.63, 3.8) is 0 Å². The van der Waals surface area contributed by atoms with Crippen molar-refractivity contribution in [3.8, 4) is 22.9 Å². The Bertz CT molecular complexity index is 2430. The van der Waals surface area contributed by atoms with Crippen LogP contribution in [0.15, 0.2) is 176 Å². The van der Waals surface area contributed by atoms with Crippen LogP contribution in [0.4, 0.5) is 5.69 Å². The van der Waals surface area contributed by atoms with Crippen LogP contribution in [0, 0.1) is 17.9 Å². The van der Waals surface area contributed by atoms with E-state index in [0.29, 0.717) is 11.3 Å². The summed E-state index contributed by atoms with van der Waals surface area (Å²) in [6.07, 6.45) is 0. The molecular formula is C44H29N3Si. The summed E-state index contributed by atoms with van der Waals surface area (Å²) in [6, 6.07) is 64.3. The zero-order valence-corrected chi connectivity index (χ0v) is 27.1. The van der Waals surface area contributed by atoms with E-state index >= 15 is 0 Å². The summed E-state index contributed by atoms with van der Waals surface area (Å²) in [5.41, 5.74) is 6.00. The van der Waals surface area contributed by atoms with Crippen LogP contribution in [0.1, 0.15) is 5.56 Å². The zero-order valence-electron chi connectivity index (χ0n) is 26.1. The summed E-state index contributed by atoms with van der Waals surface area (Å²) in [5, 5.41) is 17.8. The van der Waals surface area contributed by atoms with E-state index in [1.807, 2.05) is 42.5 Å². The maximum Gasteiger partial charge on any atom is 0.188 e. The smallest absolute Gasteiger partial charge is 0.188 e. The van der Waals surface area contributed by atoms with Crippen molar-refractivity contribution in [3.05, 3.63) is 193 Å². The summed E-state index contributed by atoms with van der Waals surface area (Å²) in [5.74, 6) is 0. The summed E-state index contributed by atoms with van der Waals surface area (Å²) in [7, 11) is -2.77. The molecule has 0 aliphatic carbocycles. The molecule has 3 nitrogen and oxygen atoms in total. The van der Waals surface area contributed by atoms with Crippen molar-refractivity contribution in [1.29, 1.82) is 5.26 Å². The standard InChI is InChI=1S/C44H29N3Si/c1-46-34-27-28-43-41(30-34)40-24-11-12-26-42(40)47(43)44-33(31-45)16-14-25-39(44)32-15-13-23-38(29-32)48(35-17-5-2-6-18-35,36-19-7-3-8-20-36)37-21-9-4-10-22-37/h2-30H. The maximum absolute atomic E-state index is 10.5. The fourth-order valence-corrected chi connectivity index (χ4v) is 12.2. The van der Waals surface area contributed by atoms with Crippen LogP contribution in [0.25, 0.3) is 43.5 Å². The van der Waals surface area contributed by atoms with Crippen molar-refractivity contribution < 1.29 is 0 Å². The van der Waals surface area contributed by atoms with E-state index in [4.69, 9.17) is 6.57 Å². The first kappa shape index (κ1) is 29.0. The molecule has 0 aliphatic heterocycles. The third-order valence-electron chi connectivity index (χ3n) is 9.39. The van der Waals surface area contributed by atoms with E-state index in [9.17, 15) is 5.26 Å². The quantitative estimate of drug-likeness (QED) is 0.104. The van der Waals surface area contributed by atoms with E-state index in [1.165, 1.54) is 20.7 Å². The van der Waals surface area contributed by atoms with E-state index in [0.717, 1.165) is 38.6 Å². The van der Waals surface area contributed by atoms with Crippen molar-refractivity contribution in [2.24, 2.45) is 0 Å². The molecule has 8 rings (SSSR count). The summed E-state index contributed by atoms with van der Waals surface area (Å²) in [6.45, 7) is 7.64. The lowest BCUT2D eigenvalue weighted by molar-refractivity contribution is 1.17. The molecule has 0 amide bonds. The van der Waals surface area contributed by atoms with Crippen molar-refractivity contribution in [2.75, 3.05) is 0 Å². The van der Waals surface area contributed by atoms with Crippen LogP contribution < -0.4 is 20.7 Å². The van der Waals surface area contributed by atoms with E-state index in [2.05, 4.69) is 149 Å². The van der Waals surface area contributed by atoms with Gasteiger partial charge in [0.1, 0.15) is 6.07 Å². The van der Waals surface area contributed by atoms with Crippen LogP contribution in [0.2, 0.25) is 0 Å². The number of nitriles is 1. The van der Waals surface area contributed by atoms with E-state index < -0.39 is 8.07 Å². The van der Waals surface area contributed by atoms with Gasteiger partial charge in [0, 0.05) is 10.9 Å². The van der Waals surface area contributed by atoms with Crippen molar-refractivity contribution >= 4 is 56.3 Å². The molecular weight excluding hydrogens is 599 g/mol. The van der Waals surface area contributed by atoms with Crippen molar-refractivity contribution in [1.82, 2.24) is 4.57 Å². The number of benzene rings is 7. The van der Waals surface area contributed by atoms with Crippen LogP contribution in [-0.2, 0) is 0 Å². The number of hydrogen-bond acceptors (Lipinski definition) is 1. The Morgan fingerprint density at radius 1 is 0.521 bits per heavy atom. The molecule has 48 heavy (non-hydrogen) atoms. The number of para-hydroxylation sites is 2. The number of rotatable bonds is 6. The van der Waals surface area contributed by atoms with Crippen LogP contribution in [0.5, 0.6) is 0 Å². The monoisotopic (exact) mass is 627 g/mol. The fourth-order valence-electron chi connectivity index (χ4n) is 7.36. The second-order valence-corrected chi connectivity index (χ2v) is 15.7. The second-order valence-electron chi connectivity index (χ2n) is 11.9. The Balaban J connectivity index is 1.45. The summed E-state index contributed by atoms with van der Waals surface area (Å²) < 4.78 is 2.20. The summed E-state index contributed by atoms with van der Waals surface area (Å²) in [4.78, 5) is 3.71. The zero-order chi connectivity index (χ0) is 32.5. The Hall–Kier alpha value is -6.46. The normalized spacial score (nSPS) is 11.3. The lowest BCUT2D eigenvalue weighted by Crippen LogP contribution is -2.74. The number of aromatic nitrogens is 1. The highest BCUT2D eigenvalue weighted by Gasteiger charge is 2.41. The molecule has 0 radical (unpaired) electrons. The molecule has 0 bridgehead atoms. The second kappa shape index (κ2) is 12.0. The van der Waals surface area contributed by atoms with Gasteiger partial charge in [-0.2, -0.15) is 5.26 Å². The van der Waals surface area contributed by atoms with Gasteiger partial charge in [-0.3, -0.25) is 0 Å². The van der Waals surface area contributed by atoms with Gasteiger partial charge >= 0.3 is 0 Å². The Morgan fingerprint density at radius 2 is 1.08 bits per heavy atom. The molecule has 1 aromatic heterocycles. The maximum atomic E-state index is 10.5. The van der Waals surface area contributed by atoms with Gasteiger partial charge in [-0.25, -0.2) is 4.85 Å². The lowest BCUT2D eigenvalue weighted by Gasteiger charge is -2.34. The fraction of sp³-hybridized carbons (Fsp3) is 0. The Labute approximate surface area is 281 Å². The van der Waals surface area contributed by atoms with Crippen LogP contribution in [0.3, 0.4) is 0 Å². The van der Waals surface area contributed by atoms with E-state index in [1.54, 1.807) is 0 Å². The molecule has 0 aliphatic rings. The van der Waals surface area contributed by atoms with Gasteiger partial charge in [0.15, 0.2) is 13.8 Å². The minimum absolute atomic E-state index is 0.590. The lowest BCUT2D eigenvalue weighted by atomic mass is 10.00. The third-order valence-corrected chi connectivity index (χ3v) is 14.2. The molecule has 0 saturated carbocycles. The van der Waals surface area contributed by atoms with Gasteiger partial charge in [-0.15, -0.1) is 0 Å². The van der Waals surface area contributed by atoms with E-state index in [-0.39, 0.29) is 0 Å². The molecule has 0 fully saturated rings. The first-order valence-electron chi connectivity index (χ1n) is 16.0. The largest absolute Gasteiger partial charge is 0.307 e. The topological polar surface area (TPSA) is 33.1 Å². The predicted octanol–water partition coefficient (Wildman–Crippen LogP) is 8.25. The number of hydrogen-bond donors (Lipinski definition) is 0. The molecule has 0 N–H and O–H groups in total. The molecule has 8 aromatic rings. The molecule has 1 heterocycles. The van der Waals surface area contributed by atoms with Crippen molar-refractivity contribution in [2.45, 2.75) is 0 Å². The van der Waals surface area contributed by atoms with Crippen LogP contribution in [-0.4, -0.2) is 12.6 Å². The minimum Gasteiger partial charge on any atom is -0.307 e. The van der Waals surface area contributed by atoms with Gasteiger partial charge in [-0.1, -0.05) is 152 Å². The average molecular weight is 628 g/mol. The third kappa shape index (κ3) is 4.55. The van der Waals surface area contributed by atoms with Gasteiger partial charge in [0.25, 0.3) is 0 Å². The predicted molar refractivity (Wildman–Crippen MR) is 201 cm³/mol. The highest BCUT2D eigenvalue weighted by atomic mass is 28.3. The first-order chi connectivity index (χ1) is 23.7. The molecule has 0 unspecified atom stereocenters.